The summed E-state index contributed by atoms with van der Waals surface area (Å²) in [6.07, 6.45) is 0. The fourth-order valence-corrected chi connectivity index (χ4v) is 1.59. The number of nitrogens with two attached hydrogens (primary N) is 1. The monoisotopic (exact) mass is 259 g/mol. The molecule has 0 bridgehead atoms. The van der Waals surface area contributed by atoms with Gasteiger partial charge in [0.2, 0.25) is 11.7 Å². The second-order valence-corrected chi connectivity index (χ2v) is 4.18. The second-order valence-electron chi connectivity index (χ2n) is 4.18. The van der Waals surface area contributed by atoms with Gasteiger partial charge in [0.15, 0.2) is 0 Å². The highest BCUT2D eigenvalue weighted by atomic mass is 16.6. The van der Waals surface area contributed by atoms with E-state index in [9.17, 15) is 10.1 Å². The molecule has 2 N–H and O–H groups in total. The number of hydrogen-bond donors (Lipinski definition) is 1. The SMILES string of the molecule is Cc1ccc(C)c(Oc2ccc([N+](=O)[O-])c(N)n2)c1. The Morgan fingerprint density at radius 2 is 2.00 bits per heavy atom. The molecule has 19 heavy (non-hydrogen) atoms. The average molecular weight is 259 g/mol. The Bertz CT molecular complexity index is 641. The molecule has 6 nitrogen and oxygen atoms in total. The lowest BCUT2D eigenvalue weighted by atomic mass is 10.1. The molecule has 98 valence electrons. The highest BCUT2D eigenvalue weighted by molar-refractivity contribution is 5.53. The third-order valence-electron chi connectivity index (χ3n) is 2.63. The van der Waals surface area contributed by atoms with E-state index in [1.165, 1.54) is 12.1 Å². The minimum atomic E-state index is -0.579. The van der Waals surface area contributed by atoms with Crippen molar-refractivity contribution in [1.29, 1.82) is 0 Å². The van der Waals surface area contributed by atoms with E-state index in [4.69, 9.17) is 10.5 Å². The summed E-state index contributed by atoms with van der Waals surface area (Å²) in [5.41, 5.74) is 7.28. The molecule has 0 amide bonds. The largest absolute Gasteiger partial charge is 0.439 e. The smallest absolute Gasteiger partial charge is 0.311 e. The first-order valence-corrected chi connectivity index (χ1v) is 5.63. The van der Waals surface area contributed by atoms with Gasteiger partial charge >= 0.3 is 5.69 Å². The van der Waals surface area contributed by atoms with Crippen LogP contribution >= 0.6 is 0 Å². The Morgan fingerprint density at radius 1 is 1.26 bits per heavy atom. The zero-order valence-electron chi connectivity index (χ0n) is 10.6. The summed E-state index contributed by atoms with van der Waals surface area (Å²) >= 11 is 0. The van der Waals surface area contributed by atoms with E-state index in [1.54, 1.807) is 0 Å². The van der Waals surface area contributed by atoms with Crippen LogP contribution < -0.4 is 10.5 Å². The van der Waals surface area contributed by atoms with Gasteiger partial charge in [-0.15, -0.1) is 0 Å². The molecular weight excluding hydrogens is 246 g/mol. The van der Waals surface area contributed by atoms with Crippen LogP contribution in [0.4, 0.5) is 11.5 Å². The molecule has 0 fully saturated rings. The molecule has 0 spiro atoms. The maximum Gasteiger partial charge on any atom is 0.311 e. The van der Waals surface area contributed by atoms with Gasteiger partial charge in [0.25, 0.3) is 0 Å². The average Bonchev–Trinajstić information content (AvgIpc) is 2.33. The van der Waals surface area contributed by atoms with Crippen LogP contribution in [0.1, 0.15) is 11.1 Å². The molecule has 1 aromatic heterocycles. The van der Waals surface area contributed by atoms with Crippen LogP contribution in [0.2, 0.25) is 0 Å². The Hall–Kier alpha value is -2.63. The molecule has 2 rings (SSSR count). The lowest BCUT2D eigenvalue weighted by molar-refractivity contribution is -0.384. The number of nitro groups is 1. The zero-order valence-corrected chi connectivity index (χ0v) is 10.6. The van der Waals surface area contributed by atoms with Crippen molar-refractivity contribution in [2.45, 2.75) is 13.8 Å². The Labute approximate surface area is 110 Å². The number of benzene rings is 1. The van der Waals surface area contributed by atoms with Gasteiger partial charge in [0, 0.05) is 12.1 Å². The van der Waals surface area contributed by atoms with Gasteiger partial charge in [-0.2, -0.15) is 4.98 Å². The maximum absolute atomic E-state index is 10.6. The first kappa shape index (κ1) is 12.8. The predicted molar refractivity (Wildman–Crippen MR) is 71.3 cm³/mol. The normalized spacial score (nSPS) is 10.2. The van der Waals surface area contributed by atoms with Gasteiger partial charge in [0.1, 0.15) is 5.75 Å². The number of pyridine rings is 1. The third-order valence-corrected chi connectivity index (χ3v) is 2.63. The lowest BCUT2D eigenvalue weighted by Gasteiger charge is -2.09. The van der Waals surface area contributed by atoms with Crippen LogP contribution in [0.15, 0.2) is 30.3 Å². The predicted octanol–water partition coefficient (Wildman–Crippen LogP) is 2.98. The minimum Gasteiger partial charge on any atom is -0.439 e. The van der Waals surface area contributed by atoms with Gasteiger partial charge in [-0.3, -0.25) is 10.1 Å². The van der Waals surface area contributed by atoms with Crippen LogP contribution in [0.3, 0.4) is 0 Å². The number of nitrogen functional groups attached to an aromatic ring is 1. The Balaban J connectivity index is 2.31. The summed E-state index contributed by atoms with van der Waals surface area (Å²) in [4.78, 5) is 13.9. The van der Waals surface area contributed by atoms with Gasteiger partial charge in [-0.25, -0.2) is 0 Å². The van der Waals surface area contributed by atoms with Crippen molar-refractivity contribution in [1.82, 2.24) is 4.98 Å². The van der Waals surface area contributed by atoms with E-state index in [2.05, 4.69) is 4.98 Å². The van der Waals surface area contributed by atoms with Crippen molar-refractivity contribution >= 4 is 11.5 Å². The highest BCUT2D eigenvalue weighted by Crippen LogP contribution is 2.28. The number of aryl methyl sites for hydroxylation is 2. The first-order chi connectivity index (χ1) is 8.97. The van der Waals surface area contributed by atoms with Crippen molar-refractivity contribution in [2.75, 3.05) is 5.73 Å². The third kappa shape index (κ3) is 2.79. The number of aromatic nitrogens is 1. The molecule has 6 heteroatoms. The molecule has 0 saturated carbocycles. The maximum atomic E-state index is 10.6. The Kier molecular flexibility index (Phi) is 3.33. The molecule has 0 aliphatic heterocycles. The summed E-state index contributed by atoms with van der Waals surface area (Å²) in [6.45, 7) is 3.85. The van der Waals surface area contributed by atoms with Crippen LogP contribution in [0.5, 0.6) is 11.6 Å². The van der Waals surface area contributed by atoms with E-state index in [0.717, 1.165) is 11.1 Å². The van der Waals surface area contributed by atoms with E-state index in [0.29, 0.717) is 5.75 Å². The van der Waals surface area contributed by atoms with Crippen LogP contribution in [-0.4, -0.2) is 9.91 Å². The number of ether oxygens (including phenoxy) is 1. The molecule has 0 unspecified atom stereocenters. The summed E-state index contributed by atoms with van der Waals surface area (Å²) < 4.78 is 5.59. The zero-order chi connectivity index (χ0) is 14.0. The van der Waals surface area contributed by atoms with Crippen molar-refractivity contribution in [2.24, 2.45) is 0 Å². The van der Waals surface area contributed by atoms with Crippen LogP contribution in [0, 0.1) is 24.0 Å². The summed E-state index contributed by atoms with van der Waals surface area (Å²) in [7, 11) is 0. The first-order valence-electron chi connectivity index (χ1n) is 5.63. The quantitative estimate of drug-likeness (QED) is 0.675. The molecule has 1 aromatic carbocycles. The van der Waals surface area contributed by atoms with Crippen LogP contribution in [0.25, 0.3) is 0 Å². The molecule has 0 radical (unpaired) electrons. The molecule has 0 saturated heterocycles. The summed E-state index contributed by atoms with van der Waals surface area (Å²) in [6, 6.07) is 8.48. The number of hydrogen-bond acceptors (Lipinski definition) is 5. The van der Waals surface area contributed by atoms with E-state index < -0.39 is 4.92 Å². The van der Waals surface area contributed by atoms with Crippen molar-refractivity contribution < 1.29 is 9.66 Å². The van der Waals surface area contributed by atoms with Gasteiger partial charge in [0.05, 0.1) is 4.92 Å². The molecule has 1 heterocycles. The van der Waals surface area contributed by atoms with Gasteiger partial charge in [-0.05, 0) is 31.0 Å². The Morgan fingerprint density at radius 3 is 2.63 bits per heavy atom. The molecule has 0 aliphatic rings. The minimum absolute atomic E-state index is 0.159. The number of rotatable bonds is 3. The standard InChI is InChI=1S/C13H13N3O3/c1-8-3-4-9(2)11(7-8)19-12-6-5-10(16(17)18)13(14)15-12/h3-7H,1-2H3,(H2,14,15). The van der Waals surface area contributed by atoms with E-state index in [1.807, 2.05) is 32.0 Å². The van der Waals surface area contributed by atoms with Gasteiger partial charge in [-0.1, -0.05) is 12.1 Å². The van der Waals surface area contributed by atoms with Crippen molar-refractivity contribution in [3.05, 3.63) is 51.6 Å². The summed E-state index contributed by atoms with van der Waals surface area (Å²) in [5, 5.41) is 10.6. The highest BCUT2D eigenvalue weighted by Gasteiger charge is 2.14. The second kappa shape index (κ2) is 4.93. The molecule has 0 atom stereocenters. The van der Waals surface area contributed by atoms with Crippen LogP contribution in [-0.2, 0) is 0 Å². The van der Waals surface area contributed by atoms with Crippen molar-refractivity contribution in [3.63, 3.8) is 0 Å². The fourth-order valence-electron chi connectivity index (χ4n) is 1.59. The topological polar surface area (TPSA) is 91.3 Å². The molecular formula is C13H13N3O3. The number of nitrogens with zero attached hydrogens (tertiary/aromatic N) is 2. The fraction of sp³-hybridized carbons (Fsp3) is 0.154. The lowest BCUT2D eigenvalue weighted by Crippen LogP contribution is -2.00. The van der Waals surface area contributed by atoms with Gasteiger partial charge < -0.3 is 10.5 Å². The van der Waals surface area contributed by atoms with Crippen molar-refractivity contribution in [3.8, 4) is 11.6 Å². The molecule has 0 aliphatic carbocycles. The van der Waals surface area contributed by atoms with E-state index in [-0.39, 0.29) is 17.4 Å². The molecule has 2 aromatic rings. The van der Waals surface area contributed by atoms with E-state index >= 15 is 0 Å². The number of anilines is 1. The summed E-state index contributed by atoms with van der Waals surface area (Å²) in [5.74, 6) is 0.727.